The highest BCUT2D eigenvalue weighted by Crippen LogP contribution is 2.31. The van der Waals surface area contributed by atoms with Crippen molar-refractivity contribution in [2.75, 3.05) is 6.61 Å². The fraction of sp³-hybridized carbons (Fsp3) is 0.857. The second kappa shape index (κ2) is 7.90. The van der Waals surface area contributed by atoms with E-state index >= 15 is 0 Å². The monoisotopic (exact) mass is 290 g/mol. The Morgan fingerprint density at radius 2 is 1.79 bits per heavy atom. The first kappa shape index (κ1) is 18.4. The van der Waals surface area contributed by atoms with Crippen LogP contribution in [0.4, 0.5) is 0 Å². The molecule has 0 bridgehead atoms. The van der Waals surface area contributed by atoms with Gasteiger partial charge < -0.3 is 9.84 Å². The van der Waals surface area contributed by atoms with Crippen molar-refractivity contribution in [2.45, 2.75) is 58.8 Å². The molecule has 0 rings (SSSR count). The van der Waals surface area contributed by atoms with Gasteiger partial charge in [0.05, 0.1) is 12.5 Å². The summed E-state index contributed by atoms with van der Waals surface area (Å²) in [6.45, 7) is 11.6. The molecule has 0 spiro atoms. The summed E-state index contributed by atoms with van der Waals surface area (Å²) in [6, 6.07) is 0. The third-order valence-electron chi connectivity index (χ3n) is 2.34. The first-order valence-corrected chi connectivity index (χ1v) is 7.47. The van der Waals surface area contributed by atoms with E-state index < -0.39 is 18.0 Å². The number of hydrogen-bond acceptors (Lipinski definition) is 5. The fourth-order valence-electron chi connectivity index (χ4n) is 1.63. The summed E-state index contributed by atoms with van der Waals surface area (Å²) in [5, 5.41) is 9.86. The zero-order valence-corrected chi connectivity index (χ0v) is 13.5. The summed E-state index contributed by atoms with van der Waals surface area (Å²) in [4.78, 5) is 23.8. The molecule has 0 aliphatic rings. The molecule has 0 amide bonds. The van der Waals surface area contributed by atoms with Crippen molar-refractivity contribution < 1.29 is 19.4 Å². The lowest BCUT2D eigenvalue weighted by molar-refractivity contribution is -0.157. The highest BCUT2D eigenvalue weighted by Gasteiger charge is 2.35. The molecule has 2 atom stereocenters. The number of ether oxygens (including phenoxy) is 1. The Balaban J connectivity index is 4.89. The summed E-state index contributed by atoms with van der Waals surface area (Å²) in [5.74, 6) is -1.20. The highest BCUT2D eigenvalue weighted by molar-refractivity contribution is 8.14. The summed E-state index contributed by atoms with van der Waals surface area (Å²) < 4.78 is 4.56. The maximum Gasteiger partial charge on any atom is 0.335 e. The van der Waals surface area contributed by atoms with Crippen LogP contribution in [0, 0.1) is 11.8 Å². The van der Waals surface area contributed by atoms with Crippen LogP contribution in [0.25, 0.3) is 0 Å². The van der Waals surface area contributed by atoms with E-state index in [2.05, 4.69) is 0 Å². The van der Waals surface area contributed by atoms with Crippen LogP contribution in [0.1, 0.15) is 48.0 Å². The Labute approximate surface area is 120 Å². The Bertz CT molecular complexity index is 307. The molecule has 0 aromatic heterocycles. The Morgan fingerprint density at radius 3 is 2.16 bits per heavy atom. The smallest absolute Gasteiger partial charge is 0.335 e. The van der Waals surface area contributed by atoms with Crippen molar-refractivity contribution in [2.24, 2.45) is 11.8 Å². The number of carbonyl (C=O) groups is 2. The van der Waals surface area contributed by atoms with E-state index in [9.17, 15) is 14.7 Å². The van der Waals surface area contributed by atoms with E-state index in [4.69, 9.17) is 4.74 Å². The van der Waals surface area contributed by atoms with Gasteiger partial charge in [-0.3, -0.25) is 4.79 Å². The zero-order chi connectivity index (χ0) is 15.2. The normalized spacial score (nSPS) is 15.2. The van der Waals surface area contributed by atoms with E-state index in [1.807, 2.05) is 34.6 Å². The molecule has 0 fully saturated rings. The lowest BCUT2D eigenvalue weighted by atomic mass is 9.93. The molecular formula is C14H26O4S. The largest absolute Gasteiger partial charge is 0.464 e. The third kappa shape index (κ3) is 7.57. The molecule has 0 aromatic carbocycles. The highest BCUT2D eigenvalue weighted by atomic mass is 32.2. The number of aliphatic hydroxyl groups is 1. The van der Waals surface area contributed by atoms with Crippen LogP contribution in [0.15, 0.2) is 0 Å². The number of rotatable bonds is 6. The maximum absolute atomic E-state index is 12.2. The molecule has 1 N–H and O–H groups in total. The molecule has 0 aliphatic heterocycles. The molecule has 0 radical (unpaired) electrons. The SMILES string of the molecule is CCOC(=O)[C@@H](O)[C@@H](CC(C)C)C(=O)SC(C)(C)C. The minimum absolute atomic E-state index is 0.151. The predicted octanol–water partition coefficient (Wildman–Crippen LogP) is 2.63. The van der Waals surface area contributed by atoms with Gasteiger partial charge in [-0.25, -0.2) is 4.79 Å². The van der Waals surface area contributed by atoms with E-state index in [1.54, 1.807) is 6.92 Å². The van der Waals surface area contributed by atoms with Gasteiger partial charge >= 0.3 is 5.97 Å². The maximum atomic E-state index is 12.2. The first-order chi connectivity index (χ1) is 8.58. The van der Waals surface area contributed by atoms with Crippen LogP contribution in [0.2, 0.25) is 0 Å². The average molecular weight is 290 g/mol. The fourth-order valence-corrected chi connectivity index (χ4v) is 2.61. The molecule has 19 heavy (non-hydrogen) atoms. The molecule has 0 unspecified atom stereocenters. The van der Waals surface area contributed by atoms with Gasteiger partial charge in [0.2, 0.25) is 0 Å². The predicted molar refractivity (Wildman–Crippen MR) is 77.9 cm³/mol. The third-order valence-corrected chi connectivity index (χ3v) is 3.46. The van der Waals surface area contributed by atoms with Crippen LogP contribution < -0.4 is 0 Å². The van der Waals surface area contributed by atoms with Crippen molar-refractivity contribution in [3.63, 3.8) is 0 Å². The lowest BCUT2D eigenvalue weighted by Crippen LogP contribution is -2.37. The number of aliphatic hydroxyl groups excluding tert-OH is 1. The van der Waals surface area contributed by atoms with Crippen LogP contribution in [0.5, 0.6) is 0 Å². The quantitative estimate of drug-likeness (QED) is 0.762. The van der Waals surface area contributed by atoms with Crippen molar-refractivity contribution >= 4 is 22.8 Å². The average Bonchev–Trinajstić information content (AvgIpc) is 2.22. The second-order valence-corrected chi connectivity index (χ2v) is 7.80. The van der Waals surface area contributed by atoms with Gasteiger partial charge in [0.1, 0.15) is 0 Å². The molecule has 0 aliphatic carbocycles. The molecule has 0 heterocycles. The van der Waals surface area contributed by atoms with E-state index in [-0.39, 0.29) is 22.4 Å². The van der Waals surface area contributed by atoms with Gasteiger partial charge in [0.25, 0.3) is 0 Å². The minimum atomic E-state index is -1.37. The molecule has 0 saturated carbocycles. The molecule has 112 valence electrons. The Hall–Kier alpha value is -0.550. The first-order valence-electron chi connectivity index (χ1n) is 6.66. The summed E-state index contributed by atoms with van der Waals surface area (Å²) in [5.41, 5.74) is 0. The molecule has 0 aromatic rings. The zero-order valence-electron chi connectivity index (χ0n) is 12.7. The van der Waals surface area contributed by atoms with Crippen LogP contribution >= 0.6 is 11.8 Å². The molecule has 0 saturated heterocycles. The Kier molecular flexibility index (Phi) is 7.67. The lowest BCUT2D eigenvalue weighted by Gasteiger charge is -2.25. The summed E-state index contributed by atoms with van der Waals surface area (Å²) in [7, 11) is 0. The minimum Gasteiger partial charge on any atom is -0.464 e. The number of thioether (sulfide) groups is 1. The van der Waals surface area contributed by atoms with E-state index in [1.165, 1.54) is 0 Å². The number of carbonyl (C=O) groups excluding carboxylic acids is 2. The molecule has 5 heteroatoms. The van der Waals surface area contributed by atoms with E-state index in [0.29, 0.717) is 6.42 Å². The number of esters is 1. The summed E-state index contributed by atoms with van der Waals surface area (Å²) >= 11 is 1.16. The molecule has 4 nitrogen and oxygen atoms in total. The van der Waals surface area contributed by atoms with E-state index in [0.717, 1.165) is 11.8 Å². The summed E-state index contributed by atoms with van der Waals surface area (Å²) in [6.07, 6.45) is -0.897. The number of hydrogen-bond donors (Lipinski definition) is 1. The van der Waals surface area contributed by atoms with Crippen molar-refractivity contribution in [1.82, 2.24) is 0 Å². The van der Waals surface area contributed by atoms with Gasteiger partial charge in [0.15, 0.2) is 11.2 Å². The standard InChI is InChI=1S/C14H26O4S/c1-7-18-12(16)11(15)10(8-9(2)3)13(17)19-14(4,5)6/h9-11,15H,7-8H2,1-6H3/t10-,11+/m1/s1. The van der Waals surface area contributed by atoms with Gasteiger partial charge in [-0.1, -0.05) is 46.4 Å². The van der Waals surface area contributed by atoms with Crippen molar-refractivity contribution in [3.8, 4) is 0 Å². The van der Waals surface area contributed by atoms with Crippen LogP contribution in [-0.4, -0.2) is 33.6 Å². The second-order valence-electron chi connectivity index (χ2n) is 5.97. The van der Waals surface area contributed by atoms with Gasteiger partial charge in [0, 0.05) is 4.75 Å². The van der Waals surface area contributed by atoms with Crippen molar-refractivity contribution in [3.05, 3.63) is 0 Å². The van der Waals surface area contributed by atoms with Gasteiger partial charge in [-0.05, 0) is 19.3 Å². The van der Waals surface area contributed by atoms with Crippen LogP contribution in [0.3, 0.4) is 0 Å². The van der Waals surface area contributed by atoms with Crippen molar-refractivity contribution in [1.29, 1.82) is 0 Å². The van der Waals surface area contributed by atoms with Gasteiger partial charge in [-0.2, -0.15) is 0 Å². The molecular weight excluding hydrogens is 264 g/mol. The topological polar surface area (TPSA) is 63.6 Å². The van der Waals surface area contributed by atoms with Crippen LogP contribution in [-0.2, 0) is 14.3 Å². The Morgan fingerprint density at radius 1 is 1.26 bits per heavy atom. The van der Waals surface area contributed by atoms with Gasteiger partial charge in [-0.15, -0.1) is 0 Å².